The second-order valence-corrected chi connectivity index (χ2v) is 9.64. The number of carbonyl (C=O) groups excluding carboxylic acids is 1. The number of carbonyl (C=O) groups is 1. The molecular weight excluding hydrogens is 408 g/mol. The van der Waals surface area contributed by atoms with Crippen LogP contribution in [0.25, 0.3) is 11.1 Å². The summed E-state index contributed by atoms with van der Waals surface area (Å²) in [4.78, 5) is 17.3. The van der Waals surface area contributed by atoms with Gasteiger partial charge in [-0.3, -0.25) is 9.69 Å². The summed E-state index contributed by atoms with van der Waals surface area (Å²) in [5.74, 6) is 0.00656. The van der Waals surface area contributed by atoms with Gasteiger partial charge in [0.25, 0.3) is 5.91 Å². The van der Waals surface area contributed by atoms with Crippen molar-refractivity contribution in [2.45, 2.75) is 33.1 Å². The maximum atomic E-state index is 12.6. The Morgan fingerprint density at radius 3 is 2.30 bits per heavy atom. The fourth-order valence-corrected chi connectivity index (χ4v) is 5.59. The monoisotopic (exact) mass is 434 g/mol. The van der Waals surface area contributed by atoms with Gasteiger partial charge in [-0.1, -0.05) is 74.2 Å². The molecule has 2 aromatic carbocycles. The molecule has 0 unspecified atom stereocenters. The number of thioether (sulfide) groups is 1. The third-order valence-electron chi connectivity index (χ3n) is 5.90. The van der Waals surface area contributed by atoms with Gasteiger partial charge in [0.15, 0.2) is 0 Å². The molecule has 0 atom stereocenters. The van der Waals surface area contributed by atoms with E-state index in [1.54, 1.807) is 4.90 Å². The summed E-state index contributed by atoms with van der Waals surface area (Å²) in [6.07, 6.45) is 4.05. The van der Waals surface area contributed by atoms with Crippen LogP contribution in [0.1, 0.15) is 33.3 Å². The predicted molar refractivity (Wildman–Crippen MR) is 132 cm³/mol. The molecule has 4 rings (SSSR count). The zero-order valence-electron chi connectivity index (χ0n) is 17.8. The summed E-state index contributed by atoms with van der Waals surface area (Å²) in [5.41, 5.74) is 6.04. The molecular formula is C25H26N2OS2. The number of nitrogens with zero attached hydrogens (tertiary/aromatic N) is 2. The topological polar surface area (TPSA) is 23.6 Å². The molecule has 2 heterocycles. The van der Waals surface area contributed by atoms with Crippen LogP contribution in [0.15, 0.2) is 71.3 Å². The zero-order chi connectivity index (χ0) is 21.5. The zero-order valence-corrected chi connectivity index (χ0v) is 19.4. The van der Waals surface area contributed by atoms with Crippen LogP contribution < -0.4 is 4.90 Å². The Morgan fingerprint density at radius 2 is 1.67 bits per heavy atom. The molecule has 2 aliphatic rings. The second kappa shape index (κ2) is 8.05. The molecule has 1 saturated heterocycles. The molecule has 0 N–H and O–H groups in total. The van der Waals surface area contributed by atoms with Crippen molar-refractivity contribution in [1.29, 1.82) is 0 Å². The van der Waals surface area contributed by atoms with Gasteiger partial charge in [0.2, 0.25) is 0 Å². The van der Waals surface area contributed by atoms with Crippen molar-refractivity contribution >= 4 is 39.9 Å². The lowest BCUT2D eigenvalue weighted by atomic mass is 9.82. The van der Waals surface area contributed by atoms with E-state index in [-0.39, 0.29) is 11.3 Å². The van der Waals surface area contributed by atoms with Gasteiger partial charge in [-0.25, -0.2) is 0 Å². The molecule has 1 amide bonds. The van der Waals surface area contributed by atoms with Gasteiger partial charge >= 0.3 is 0 Å². The molecule has 0 spiro atoms. The summed E-state index contributed by atoms with van der Waals surface area (Å²) in [5, 5.41) is 0. The van der Waals surface area contributed by atoms with Crippen LogP contribution in [0.2, 0.25) is 0 Å². The van der Waals surface area contributed by atoms with Gasteiger partial charge in [0.05, 0.1) is 4.91 Å². The molecule has 30 heavy (non-hydrogen) atoms. The summed E-state index contributed by atoms with van der Waals surface area (Å²) in [6, 6.07) is 17.2. The normalized spacial score (nSPS) is 20.5. The second-order valence-electron chi connectivity index (χ2n) is 7.97. The van der Waals surface area contributed by atoms with Gasteiger partial charge < -0.3 is 4.90 Å². The Bertz CT molecular complexity index is 1070. The number of fused-ring (bicyclic) bond motifs is 1. The summed E-state index contributed by atoms with van der Waals surface area (Å²) in [7, 11) is 0. The lowest BCUT2D eigenvalue weighted by Crippen LogP contribution is -2.27. The fraction of sp³-hybridized carbons (Fsp3) is 0.280. The lowest BCUT2D eigenvalue weighted by molar-refractivity contribution is -0.122. The molecule has 1 fully saturated rings. The molecule has 5 heteroatoms. The first-order chi connectivity index (χ1) is 14.4. The fourth-order valence-electron chi connectivity index (χ4n) is 4.27. The molecule has 3 nitrogen and oxygen atoms in total. The number of anilines is 1. The Labute approximate surface area is 188 Å². The summed E-state index contributed by atoms with van der Waals surface area (Å²) >= 11 is 6.74. The van der Waals surface area contributed by atoms with E-state index in [4.69, 9.17) is 12.2 Å². The first-order valence-electron chi connectivity index (χ1n) is 10.3. The first kappa shape index (κ1) is 20.9. The number of likely N-dealkylation sites (N-methyl/N-ethyl adjacent to an activating group) is 2. The largest absolute Gasteiger partial charge is 0.344 e. The average Bonchev–Trinajstić information content (AvgIpc) is 3.15. The molecule has 0 radical (unpaired) electrons. The van der Waals surface area contributed by atoms with Crippen LogP contribution in [-0.2, 0) is 10.2 Å². The molecule has 2 aliphatic heterocycles. The van der Waals surface area contributed by atoms with Crippen LogP contribution >= 0.6 is 24.0 Å². The summed E-state index contributed by atoms with van der Waals surface area (Å²) < 4.78 is 0.640. The van der Waals surface area contributed by atoms with E-state index in [0.717, 1.165) is 6.54 Å². The van der Waals surface area contributed by atoms with Crippen molar-refractivity contribution in [3.8, 4) is 11.1 Å². The van der Waals surface area contributed by atoms with Gasteiger partial charge in [-0.15, -0.1) is 0 Å². The molecule has 2 aromatic rings. The van der Waals surface area contributed by atoms with Gasteiger partial charge in [0, 0.05) is 29.9 Å². The van der Waals surface area contributed by atoms with E-state index in [2.05, 4.69) is 74.2 Å². The maximum Gasteiger partial charge on any atom is 0.266 e. The van der Waals surface area contributed by atoms with Crippen molar-refractivity contribution in [3.05, 3.63) is 76.8 Å². The Morgan fingerprint density at radius 1 is 0.967 bits per heavy atom. The predicted octanol–water partition coefficient (Wildman–Crippen LogP) is 6.12. The van der Waals surface area contributed by atoms with E-state index in [1.165, 1.54) is 39.8 Å². The smallest absolute Gasteiger partial charge is 0.266 e. The van der Waals surface area contributed by atoms with E-state index in [0.29, 0.717) is 15.8 Å². The SMILES string of the molecule is CCN1C(=O)/C(=C\C=C2\N(CC)c3ccc(-c4ccccc4)cc3C2(C)C)SC1=S. The highest BCUT2D eigenvalue weighted by molar-refractivity contribution is 8.26. The third kappa shape index (κ3) is 3.40. The van der Waals surface area contributed by atoms with Crippen LogP contribution in [0, 0.1) is 0 Å². The molecule has 0 bridgehead atoms. The number of hydrogen-bond donors (Lipinski definition) is 0. The number of amides is 1. The first-order valence-corrected chi connectivity index (χ1v) is 11.5. The highest BCUT2D eigenvalue weighted by Crippen LogP contribution is 2.49. The number of rotatable bonds is 4. The number of thiocarbonyl (C=S) groups is 1. The van der Waals surface area contributed by atoms with E-state index >= 15 is 0 Å². The van der Waals surface area contributed by atoms with Crippen molar-refractivity contribution in [1.82, 2.24) is 4.90 Å². The molecule has 0 aromatic heterocycles. The average molecular weight is 435 g/mol. The number of hydrogen-bond acceptors (Lipinski definition) is 4. The van der Waals surface area contributed by atoms with E-state index < -0.39 is 0 Å². The minimum Gasteiger partial charge on any atom is -0.344 e. The van der Waals surface area contributed by atoms with Crippen LogP contribution in [0.4, 0.5) is 5.69 Å². The minimum atomic E-state index is -0.162. The Hall–Kier alpha value is -2.37. The quantitative estimate of drug-likeness (QED) is 0.427. The van der Waals surface area contributed by atoms with E-state index in [9.17, 15) is 4.79 Å². The summed E-state index contributed by atoms with van der Waals surface area (Å²) in [6.45, 7) is 10.1. The Kier molecular flexibility index (Phi) is 5.60. The third-order valence-corrected chi connectivity index (χ3v) is 7.29. The number of benzene rings is 2. The van der Waals surface area contributed by atoms with Crippen LogP contribution in [0.5, 0.6) is 0 Å². The van der Waals surface area contributed by atoms with Gasteiger partial charge in [0.1, 0.15) is 4.32 Å². The highest BCUT2D eigenvalue weighted by Gasteiger charge is 2.39. The van der Waals surface area contributed by atoms with Crippen LogP contribution in [0.3, 0.4) is 0 Å². The van der Waals surface area contributed by atoms with Crippen molar-refractivity contribution in [2.75, 3.05) is 18.0 Å². The molecule has 0 saturated carbocycles. The van der Waals surface area contributed by atoms with Crippen LogP contribution in [-0.4, -0.2) is 28.2 Å². The molecule has 154 valence electrons. The van der Waals surface area contributed by atoms with Gasteiger partial charge in [-0.05, 0) is 54.8 Å². The van der Waals surface area contributed by atoms with Crippen molar-refractivity contribution in [2.24, 2.45) is 0 Å². The van der Waals surface area contributed by atoms with Crippen molar-refractivity contribution < 1.29 is 4.79 Å². The Balaban J connectivity index is 1.75. The lowest BCUT2D eigenvalue weighted by Gasteiger charge is -2.25. The number of allylic oxidation sites excluding steroid dienone is 3. The van der Waals surface area contributed by atoms with E-state index in [1.807, 2.05) is 19.1 Å². The standard InChI is InChI=1S/C25H26N2OS2/c1-5-26-20-13-12-18(17-10-8-7-9-11-17)16-19(20)25(3,4)22(26)15-14-21-23(28)27(6-2)24(29)30-21/h7-16H,5-6H2,1-4H3/b21-14+,22-15+. The highest BCUT2D eigenvalue weighted by atomic mass is 32.2. The maximum absolute atomic E-state index is 12.6. The molecule has 0 aliphatic carbocycles. The van der Waals surface area contributed by atoms with Crippen molar-refractivity contribution in [3.63, 3.8) is 0 Å². The minimum absolute atomic E-state index is 0.00656. The van der Waals surface area contributed by atoms with Gasteiger partial charge in [-0.2, -0.15) is 0 Å².